The normalized spacial score (nSPS) is 25.3. The highest BCUT2D eigenvalue weighted by Gasteiger charge is 2.32. The molecule has 2 saturated carbocycles. The fourth-order valence-electron chi connectivity index (χ4n) is 3.82. The van der Waals surface area contributed by atoms with Crippen LogP contribution in [-0.2, 0) is 4.79 Å². The van der Waals surface area contributed by atoms with Crippen molar-refractivity contribution in [3.8, 4) is 0 Å². The van der Waals surface area contributed by atoms with Gasteiger partial charge in [-0.1, -0.05) is 30.3 Å². The number of nitrogens with one attached hydrogen (secondary N) is 1. The molecule has 1 unspecified atom stereocenters. The number of benzene rings is 1. The minimum atomic E-state index is 0. The summed E-state index contributed by atoms with van der Waals surface area (Å²) in [4.78, 5) is 12.2. The standard InChI is InChI=1S/C19H28N2O.ClH/c20-13-18(17-10-11-17)21-19(22)12-14-6-8-16(9-7-14)15-4-2-1-3-5-15;/h1-5,14,16-18H,6-13,20H2,(H,21,22);1H. The largest absolute Gasteiger partial charge is 0.352 e. The Morgan fingerprint density at radius 1 is 1.09 bits per heavy atom. The van der Waals surface area contributed by atoms with Crippen molar-refractivity contribution in [2.45, 2.75) is 56.9 Å². The molecule has 0 aromatic heterocycles. The first kappa shape index (κ1) is 18.3. The molecule has 4 heteroatoms. The van der Waals surface area contributed by atoms with Crippen molar-refractivity contribution in [2.75, 3.05) is 6.54 Å². The van der Waals surface area contributed by atoms with Crippen LogP contribution in [0, 0.1) is 11.8 Å². The highest BCUT2D eigenvalue weighted by Crippen LogP contribution is 2.37. The van der Waals surface area contributed by atoms with Crippen LogP contribution in [0.2, 0.25) is 0 Å². The molecule has 2 fully saturated rings. The summed E-state index contributed by atoms with van der Waals surface area (Å²) in [5.41, 5.74) is 7.22. The van der Waals surface area contributed by atoms with Crippen LogP contribution in [-0.4, -0.2) is 18.5 Å². The van der Waals surface area contributed by atoms with E-state index in [1.807, 2.05) is 0 Å². The van der Waals surface area contributed by atoms with Crippen LogP contribution in [0.15, 0.2) is 30.3 Å². The molecule has 0 radical (unpaired) electrons. The second-order valence-electron chi connectivity index (χ2n) is 7.08. The summed E-state index contributed by atoms with van der Waals surface area (Å²) in [7, 11) is 0. The van der Waals surface area contributed by atoms with E-state index in [9.17, 15) is 4.79 Å². The lowest BCUT2D eigenvalue weighted by atomic mass is 9.77. The third-order valence-electron chi connectivity index (χ3n) is 5.38. The molecule has 3 nitrogen and oxygen atoms in total. The third kappa shape index (κ3) is 5.22. The number of nitrogens with two attached hydrogens (primary N) is 1. The number of carbonyl (C=O) groups is 1. The molecule has 128 valence electrons. The van der Waals surface area contributed by atoms with Gasteiger partial charge in [0.15, 0.2) is 0 Å². The lowest BCUT2D eigenvalue weighted by molar-refractivity contribution is -0.123. The van der Waals surface area contributed by atoms with Crippen molar-refractivity contribution in [1.29, 1.82) is 0 Å². The number of hydrogen-bond donors (Lipinski definition) is 2. The van der Waals surface area contributed by atoms with Crippen LogP contribution in [0.1, 0.15) is 56.4 Å². The fraction of sp³-hybridized carbons (Fsp3) is 0.632. The van der Waals surface area contributed by atoms with Gasteiger partial charge in [0.1, 0.15) is 0 Å². The van der Waals surface area contributed by atoms with Gasteiger partial charge in [-0.05, 0) is 61.8 Å². The van der Waals surface area contributed by atoms with Gasteiger partial charge in [0.2, 0.25) is 5.91 Å². The van der Waals surface area contributed by atoms with Gasteiger partial charge in [0, 0.05) is 19.0 Å². The van der Waals surface area contributed by atoms with E-state index in [0.717, 1.165) is 0 Å². The average Bonchev–Trinajstić information content (AvgIpc) is 3.39. The van der Waals surface area contributed by atoms with E-state index < -0.39 is 0 Å². The second kappa shape index (κ2) is 8.70. The number of carbonyl (C=O) groups excluding carboxylic acids is 1. The van der Waals surface area contributed by atoms with E-state index in [4.69, 9.17) is 5.73 Å². The van der Waals surface area contributed by atoms with Crippen LogP contribution in [0.25, 0.3) is 0 Å². The Morgan fingerprint density at radius 2 is 1.74 bits per heavy atom. The molecule has 0 aliphatic heterocycles. The number of halogens is 1. The summed E-state index contributed by atoms with van der Waals surface area (Å²) in [6.07, 6.45) is 7.91. The fourth-order valence-corrected chi connectivity index (χ4v) is 3.82. The number of amides is 1. The van der Waals surface area contributed by atoms with E-state index >= 15 is 0 Å². The van der Waals surface area contributed by atoms with Crippen molar-refractivity contribution in [2.24, 2.45) is 17.6 Å². The maximum Gasteiger partial charge on any atom is 0.220 e. The summed E-state index contributed by atoms with van der Waals surface area (Å²) in [5.74, 6) is 2.09. The van der Waals surface area contributed by atoms with E-state index in [2.05, 4.69) is 35.6 Å². The molecule has 23 heavy (non-hydrogen) atoms. The zero-order valence-corrected chi connectivity index (χ0v) is 14.6. The van der Waals surface area contributed by atoms with E-state index in [1.165, 1.54) is 44.1 Å². The molecule has 0 saturated heterocycles. The summed E-state index contributed by atoms with van der Waals surface area (Å²) >= 11 is 0. The van der Waals surface area contributed by atoms with Crippen LogP contribution in [0.3, 0.4) is 0 Å². The molecule has 2 aliphatic carbocycles. The van der Waals surface area contributed by atoms with Gasteiger partial charge in [-0.2, -0.15) is 0 Å². The zero-order chi connectivity index (χ0) is 15.4. The van der Waals surface area contributed by atoms with Crippen LogP contribution in [0.4, 0.5) is 0 Å². The zero-order valence-electron chi connectivity index (χ0n) is 13.7. The third-order valence-corrected chi connectivity index (χ3v) is 5.38. The molecule has 0 bridgehead atoms. The summed E-state index contributed by atoms with van der Waals surface area (Å²) < 4.78 is 0. The molecule has 0 spiro atoms. The smallest absolute Gasteiger partial charge is 0.220 e. The Labute approximate surface area is 145 Å². The van der Waals surface area contributed by atoms with Crippen molar-refractivity contribution in [3.63, 3.8) is 0 Å². The second-order valence-corrected chi connectivity index (χ2v) is 7.08. The Bertz CT molecular complexity index is 481. The monoisotopic (exact) mass is 336 g/mol. The Hall–Kier alpha value is -1.06. The first-order chi connectivity index (χ1) is 10.8. The summed E-state index contributed by atoms with van der Waals surface area (Å²) in [5, 5.41) is 3.15. The van der Waals surface area contributed by atoms with Gasteiger partial charge in [-0.15, -0.1) is 12.4 Å². The predicted molar refractivity (Wildman–Crippen MR) is 96.7 cm³/mol. The molecule has 3 N–H and O–H groups in total. The van der Waals surface area contributed by atoms with Crippen molar-refractivity contribution >= 4 is 18.3 Å². The van der Waals surface area contributed by atoms with Crippen molar-refractivity contribution in [3.05, 3.63) is 35.9 Å². The van der Waals surface area contributed by atoms with Crippen LogP contribution in [0.5, 0.6) is 0 Å². The number of hydrogen-bond acceptors (Lipinski definition) is 2. The molecule has 2 aliphatic rings. The van der Waals surface area contributed by atoms with Crippen LogP contribution >= 0.6 is 12.4 Å². The molecular weight excluding hydrogens is 308 g/mol. The van der Waals surface area contributed by atoms with E-state index in [0.29, 0.717) is 30.7 Å². The Balaban J connectivity index is 0.00000192. The molecule has 0 heterocycles. The lowest BCUT2D eigenvalue weighted by Crippen LogP contribution is -2.42. The molecule has 1 aromatic rings. The molecular formula is C19H29ClN2O. The maximum atomic E-state index is 12.2. The topological polar surface area (TPSA) is 55.1 Å². The van der Waals surface area contributed by atoms with Gasteiger partial charge < -0.3 is 11.1 Å². The minimum Gasteiger partial charge on any atom is -0.352 e. The average molecular weight is 337 g/mol. The van der Waals surface area contributed by atoms with Gasteiger partial charge in [-0.3, -0.25) is 4.79 Å². The highest BCUT2D eigenvalue weighted by atomic mass is 35.5. The van der Waals surface area contributed by atoms with Gasteiger partial charge in [0.25, 0.3) is 0 Å². The lowest BCUT2D eigenvalue weighted by Gasteiger charge is -2.29. The molecule has 3 rings (SSSR count). The summed E-state index contributed by atoms with van der Waals surface area (Å²) in [6, 6.07) is 11.0. The predicted octanol–water partition coefficient (Wildman–Crippen LogP) is 3.63. The van der Waals surface area contributed by atoms with Crippen molar-refractivity contribution < 1.29 is 4.79 Å². The van der Waals surface area contributed by atoms with Crippen LogP contribution < -0.4 is 11.1 Å². The first-order valence-corrected chi connectivity index (χ1v) is 8.80. The summed E-state index contributed by atoms with van der Waals surface area (Å²) in [6.45, 7) is 0.581. The minimum absolute atomic E-state index is 0. The van der Waals surface area contributed by atoms with E-state index in [1.54, 1.807) is 0 Å². The van der Waals surface area contributed by atoms with Gasteiger partial charge in [0.05, 0.1) is 0 Å². The van der Waals surface area contributed by atoms with Gasteiger partial charge >= 0.3 is 0 Å². The van der Waals surface area contributed by atoms with Gasteiger partial charge in [-0.25, -0.2) is 0 Å². The Kier molecular flexibility index (Phi) is 6.91. The van der Waals surface area contributed by atoms with Crippen molar-refractivity contribution in [1.82, 2.24) is 5.32 Å². The highest BCUT2D eigenvalue weighted by molar-refractivity contribution is 5.85. The van der Waals surface area contributed by atoms with E-state index in [-0.39, 0.29) is 24.4 Å². The molecule has 1 amide bonds. The quantitative estimate of drug-likeness (QED) is 0.833. The molecule has 1 atom stereocenters. The SMILES string of the molecule is Cl.NCC(NC(=O)CC1CCC(c2ccccc2)CC1)C1CC1. The number of rotatable bonds is 6. The molecule has 1 aromatic carbocycles. The maximum absolute atomic E-state index is 12.2. The first-order valence-electron chi connectivity index (χ1n) is 8.80. The Morgan fingerprint density at radius 3 is 2.30 bits per heavy atom.